The number of hydrogen-bond donors (Lipinski definition) is 1. The van der Waals surface area contributed by atoms with Gasteiger partial charge in [-0.2, -0.15) is 0 Å². The zero-order valence-electron chi connectivity index (χ0n) is 19.1. The van der Waals surface area contributed by atoms with Gasteiger partial charge >= 0.3 is 0 Å². The minimum Gasteiger partial charge on any atom is -0.381 e. The second-order valence-corrected chi connectivity index (χ2v) is 9.61. The normalized spacial score (nSPS) is 25.8. The summed E-state index contributed by atoms with van der Waals surface area (Å²) in [5.41, 5.74) is 1.71. The van der Waals surface area contributed by atoms with E-state index < -0.39 is 0 Å². The fourth-order valence-corrected chi connectivity index (χ4v) is 5.46. The lowest BCUT2D eigenvalue weighted by molar-refractivity contribution is -0.125. The quantitative estimate of drug-likeness (QED) is 0.694. The maximum Gasteiger partial charge on any atom is 0.259 e. The van der Waals surface area contributed by atoms with E-state index in [1.54, 1.807) is 6.92 Å². The number of carbonyl (C=O) groups is 2. The number of rotatable bonds is 7. The molecule has 0 saturated carbocycles. The van der Waals surface area contributed by atoms with E-state index in [2.05, 4.69) is 27.5 Å². The largest absolute Gasteiger partial charge is 0.381 e. The summed E-state index contributed by atoms with van der Waals surface area (Å²) >= 11 is 0. The van der Waals surface area contributed by atoms with Gasteiger partial charge in [0, 0.05) is 39.3 Å². The van der Waals surface area contributed by atoms with Gasteiger partial charge in [0.1, 0.15) is 11.3 Å². The molecular weight excluding hydrogens is 420 g/mol. The molecule has 0 bridgehead atoms. The molecular formula is C25H32N4O4. The number of ether oxygens (including phenoxy) is 1. The van der Waals surface area contributed by atoms with E-state index in [9.17, 15) is 9.59 Å². The lowest BCUT2D eigenvalue weighted by atomic mass is 10.0. The molecule has 3 unspecified atom stereocenters. The Kier molecular flexibility index (Phi) is 6.46. The van der Waals surface area contributed by atoms with Crippen molar-refractivity contribution in [2.24, 2.45) is 17.8 Å². The zero-order valence-corrected chi connectivity index (χ0v) is 19.1. The molecule has 1 aromatic heterocycles. The third kappa shape index (κ3) is 4.82. The molecule has 8 heteroatoms. The predicted molar refractivity (Wildman–Crippen MR) is 121 cm³/mol. The van der Waals surface area contributed by atoms with Crippen LogP contribution in [0.5, 0.6) is 0 Å². The monoisotopic (exact) mass is 452 g/mol. The Morgan fingerprint density at radius 1 is 1.15 bits per heavy atom. The summed E-state index contributed by atoms with van der Waals surface area (Å²) < 4.78 is 10.5. The summed E-state index contributed by atoms with van der Waals surface area (Å²) in [7, 11) is 0. The first-order valence-corrected chi connectivity index (χ1v) is 11.9. The van der Waals surface area contributed by atoms with E-state index in [0.29, 0.717) is 36.4 Å². The number of benzene rings is 1. The van der Waals surface area contributed by atoms with Crippen molar-refractivity contribution in [1.29, 1.82) is 0 Å². The molecule has 4 atom stereocenters. The highest BCUT2D eigenvalue weighted by atomic mass is 16.5. The van der Waals surface area contributed by atoms with Crippen molar-refractivity contribution in [2.45, 2.75) is 25.8 Å². The number of carbonyl (C=O) groups excluding carboxylic acids is 2. The first kappa shape index (κ1) is 22.1. The Labute approximate surface area is 194 Å². The fraction of sp³-hybridized carbons (Fsp3) is 0.560. The van der Waals surface area contributed by atoms with E-state index in [1.807, 2.05) is 23.1 Å². The highest BCUT2D eigenvalue weighted by molar-refractivity contribution is 5.95. The number of likely N-dealkylation sites (tertiary alicyclic amines) is 2. The Bertz CT molecular complexity index is 958. The summed E-state index contributed by atoms with van der Waals surface area (Å²) in [6.45, 7) is 7.43. The molecule has 3 aliphatic rings. The standard InChI is InChI=1S/C25H32N4O4/c1-17-22(11-26-33-17)25(31)29-14-20-12-28(13-21(20)15-29)9-7-23(18-5-3-2-4-6-18)27-24(30)19-8-10-32-16-19/h2-6,11,19-21,23H,7-10,12-16H2,1H3,(H,27,30)/t19?,20-,21?,23?/m0/s1. The second-order valence-electron chi connectivity index (χ2n) is 9.61. The van der Waals surface area contributed by atoms with E-state index in [1.165, 1.54) is 6.20 Å². The van der Waals surface area contributed by atoms with Gasteiger partial charge in [0.05, 0.1) is 24.8 Å². The van der Waals surface area contributed by atoms with Crippen LogP contribution >= 0.6 is 0 Å². The van der Waals surface area contributed by atoms with Crippen LogP contribution < -0.4 is 5.32 Å². The van der Waals surface area contributed by atoms with Gasteiger partial charge in [-0.05, 0) is 37.2 Å². The molecule has 0 aliphatic carbocycles. The number of aromatic nitrogens is 1. The minimum atomic E-state index is -0.0417. The fourth-order valence-electron chi connectivity index (χ4n) is 5.46. The molecule has 0 radical (unpaired) electrons. The number of fused-ring (bicyclic) bond motifs is 1. The summed E-state index contributed by atoms with van der Waals surface area (Å²) in [5.74, 6) is 1.65. The van der Waals surface area contributed by atoms with Crippen LogP contribution in [-0.4, -0.2) is 72.7 Å². The van der Waals surface area contributed by atoms with Crippen LogP contribution in [0.4, 0.5) is 0 Å². The van der Waals surface area contributed by atoms with Gasteiger partial charge in [-0.1, -0.05) is 35.5 Å². The van der Waals surface area contributed by atoms with E-state index in [4.69, 9.17) is 9.26 Å². The summed E-state index contributed by atoms with van der Waals surface area (Å²) in [6.07, 6.45) is 3.19. The summed E-state index contributed by atoms with van der Waals surface area (Å²) in [4.78, 5) is 30.0. The topological polar surface area (TPSA) is 87.9 Å². The first-order valence-electron chi connectivity index (χ1n) is 11.9. The molecule has 8 nitrogen and oxygen atoms in total. The number of hydrogen-bond acceptors (Lipinski definition) is 6. The number of amides is 2. The Morgan fingerprint density at radius 3 is 2.55 bits per heavy atom. The van der Waals surface area contributed by atoms with Crippen molar-refractivity contribution < 1.29 is 18.8 Å². The number of aryl methyl sites for hydroxylation is 1. The van der Waals surface area contributed by atoms with Crippen LogP contribution in [0.1, 0.15) is 40.6 Å². The molecule has 3 fully saturated rings. The van der Waals surface area contributed by atoms with Gasteiger partial charge in [0.2, 0.25) is 5.91 Å². The van der Waals surface area contributed by atoms with Crippen LogP contribution in [0.2, 0.25) is 0 Å². The first-order chi connectivity index (χ1) is 16.1. The van der Waals surface area contributed by atoms with Crippen molar-refractivity contribution in [3.05, 3.63) is 53.4 Å². The van der Waals surface area contributed by atoms with Gasteiger partial charge in [-0.25, -0.2) is 0 Å². The van der Waals surface area contributed by atoms with Crippen LogP contribution in [-0.2, 0) is 9.53 Å². The average molecular weight is 453 g/mol. The van der Waals surface area contributed by atoms with Crippen LogP contribution in [0, 0.1) is 24.7 Å². The van der Waals surface area contributed by atoms with Crippen LogP contribution in [0.3, 0.4) is 0 Å². The molecule has 0 spiro atoms. The Balaban J connectivity index is 1.15. The van der Waals surface area contributed by atoms with Crippen molar-refractivity contribution in [3.63, 3.8) is 0 Å². The molecule has 5 rings (SSSR count). The van der Waals surface area contributed by atoms with Crippen molar-refractivity contribution in [2.75, 3.05) is 45.9 Å². The molecule has 3 aliphatic heterocycles. The molecule has 4 heterocycles. The van der Waals surface area contributed by atoms with Gasteiger partial charge in [0.25, 0.3) is 5.91 Å². The molecule has 2 amide bonds. The molecule has 3 saturated heterocycles. The van der Waals surface area contributed by atoms with Crippen LogP contribution in [0.15, 0.2) is 41.1 Å². The summed E-state index contributed by atoms with van der Waals surface area (Å²) in [5, 5.41) is 7.02. The lowest BCUT2D eigenvalue weighted by Gasteiger charge is -2.25. The van der Waals surface area contributed by atoms with Crippen molar-refractivity contribution in [1.82, 2.24) is 20.3 Å². The van der Waals surface area contributed by atoms with Crippen molar-refractivity contribution >= 4 is 11.8 Å². The van der Waals surface area contributed by atoms with Gasteiger partial charge in [-0.15, -0.1) is 0 Å². The third-order valence-corrected chi connectivity index (χ3v) is 7.38. The number of nitrogens with zero attached hydrogens (tertiary/aromatic N) is 3. The van der Waals surface area contributed by atoms with E-state index in [0.717, 1.165) is 51.1 Å². The highest BCUT2D eigenvalue weighted by Gasteiger charge is 2.42. The number of nitrogens with one attached hydrogen (secondary N) is 1. The van der Waals surface area contributed by atoms with E-state index >= 15 is 0 Å². The third-order valence-electron chi connectivity index (χ3n) is 7.38. The average Bonchev–Trinajstić information content (AvgIpc) is 3.61. The Morgan fingerprint density at radius 2 is 1.91 bits per heavy atom. The smallest absolute Gasteiger partial charge is 0.259 e. The predicted octanol–water partition coefficient (Wildman–Crippen LogP) is 2.27. The van der Waals surface area contributed by atoms with Gasteiger partial charge < -0.3 is 24.4 Å². The molecule has 176 valence electrons. The van der Waals surface area contributed by atoms with Gasteiger partial charge in [0.15, 0.2) is 0 Å². The lowest BCUT2D eigenvalue weighted by Crippen LogP contribution is -2.37. The van der Waals surface area contributed by atoms with E-state index in [-0.39, 0.29) is 23.8 Å². The Hall–Kier alpha value is -2.71. The minimum absolute atomic E-state index is 0.00520. The zero-order chi connectivity index (χ0) is 22.8. The van der Waals surface area contributed by atoms with Crippen molar-refractivity contribution in [3.8, 4) is 0 Å². The summed E-state index contributed by atoms with van der Waals surface area (Å²) in [6, 6.07) is 10.2. The highest BCUT2D eigenvalue weighted by Crippen LogP contribution is 2.33. The maximum absolute atomic E-state index is 12.8. The van der Waals surface area contributed by atoms with Gasteiger partial charge in [-0.3, -0.25) is 9.59 Å². The second kappa shape index (κ2) is 9.65. The maximum atomic E-state index is 12.8. The van der Waals surface area contributed by atoms with Crippen LogP contribution in [0.25, 0.3) is 0 Å². The molecule has 1 aromatic carbocycles. The molecule has 1 N–H and O–H groups in total. The SMILES string of the molecule is Cc1oncc1C(=O)N1CC2CN(CCC(NC(=O)C3CCOC3)c3ccccc3)C[C@H]2C1. The molecule has 33 heavy (non-hydrogen) atoms. The molecule has 2 aromatic rings.